The van der Waals surface area contributed by atoms with Gasteiger partial charge in [0, 0.05) is 0 Å². The summed E-state index contributed by atoms with van der Waals surface area (Å²) in [5, 5.41) is 22.3. The Labute approximate surface area is 196 Å². The van der Waals surface area contributed by atoms with Crippen molar-refractivity contribution in [2.45, 2.75) is 111 Å². The number of aliphatic hydroxyl groups excluding tert-OH is 2. The number of hydrogen-bond acceptors (Lipinski definition) is 4. The molecule has 2 N–H and O–H groups in total. The predicted molar refractivity (Wildman–Crippen MR) is 129 cm³/mol. The Morgan fingerprint density at radius 2 is 2.00 bits per heavy atom. The van der Waals surface area contributed by atoms with Crippen LogP contribution in [-0.2, 0) is 9.53 Å². The Kier molecular flexibility index (Phi) is 8.88. The molecule has 9 atom stereocenters. The molecule has 0 aromatic heterocycles. The zero-order valence-electron chi connectivity index (χ0n) is 21.2. The van der Waals surface area contributed by atoms with Crippen molar-refractivity contribution in [3.8, 4) is 0 Å². The summed E-state index contributed by atoms with van der Waals surface area (Å²) in [6.45, 7) is 9.04. The van der Waals surface area contributed by atoms with E-state index in [2.05, 4.69) is 33.8 Å². The maximum atomic E-state index is 11.7. The van der Waals surface area contributed by atoms with E-state index in [0.29, 0.717) is 41.9 Å². The number of hydrogen-bond donors (Lipinski definition) is 2. The van der Waals surface area contributed by atoms with Crippen LogP contribution < -0.4 is 0 Å². The first-order chi connectivity index (χ1) is 15.3. The summed E-state index contributed by atoms with van der Waals surface area (Å²) in [5.41, 5.74) is 1.54. The molecule has 0 aliphatic heterocycles. The van der Waals surface area contributed by atoms with E-state index < -0.39 is 0 Å². The summed E-state index contributed by atoms with van der Waals surface area (Å²) in [7, 11) is 1.45. The van der Waals surface area contributed by atoms with Crippen molar-refractivity contribution in [3.63, 3.8) is 0 Å². The van der Waals surface area contributed by atoms with Crippen LogP contribution in [0, 0.1) is 40.9 Å². The molecular formula is C28H48O4. The van der Waals surface area contributed by atoms with E-state index in [9.17, 15) is 15.0 Å². The highest BCUT2D eigenvalue weighted by Crippen LogP contribution is 2.64. The largest absolute Gasteiger partial charge is 0.469 e. The van der Waals surface area contributed by atoms with Crippen LogP contribution in [-0.4, -0.2) is 35.5 Å². The van der Waals surface area contributed by atoms with Gasteiger partial charge in [0.25, 0.3) is 0 Å². The quantitative estimate of drug-likeness (QED) is 0.340. The average Bonchev–Trinajstić information content (AvgIpc) is 3.13. The zero-order chi connectivity index (χ0) is 23.5. The van der Waals surface area contributed by atoms with Crippen molar-refractivity contribution in [1.29, 1.82) is 0 Å². The fourth-order valence-corrected chi connectivity index (χ4v) is 8.16. The van der Waals surface area contributed by atoms with E-state index in [0.717, 1.165) is 38.5 Å². The standard InChI is InChI=1S/C28H48O4/c1-6-8-9-21(29)17-20-16-19-14-15-28(4)23(18(3)10-13-25(30)32-5)11-12-24(28)26(19)27(31)22(20)7-2/h10,19-24,26-27,29,31H,6-9,11-17H2,1-5H3/b18-10-/t19?,20?,21-,22-,23-,24?,26?,27-,28-/m1/s1. The van der Waals surface area contributed by atoms with Gasteiger partial charge in [-0.05, 0) is 92.8 Å². The molecule has 0 amide bonds. The molecule has 0 radical (unpaired) electrons. The molecule has 184 valence electrons. The molecule has 0 aromatic carbocycles. The van der Waals surface area contributed by atoms with E-state index in [-0.39, 0.29) is 23.6 Å². The number of rotatable bonds is 9. The molecule has 3 aliphatic carbocycles. The Morgan fingerprint density at radius 3 is 2.66 bits per heavy atom. The number of ether oxygens (including phenoxy) is 1. The zero-order valence-corrected chi connectivity index (χ0v) is 21.2. The highest BCUT2D eigenvalue weighted by Gasteiger charge is 2.58. The monoisotopic (exact) mass is 448 g/mol. The van der Waals surface area contributed by atoms with Crippen LogP contribution in [0.15, 0.2) is 11.6 Å². The predicted octanol–water partition coefficient (Wildman–Crippen LogP) is 5.90. The Hall–Kier alpha value is -0.870. The van der Waals surface area contributed by atoms with E-state index in [1.54, 1.807) is 0 Å². The van der Waals surface area contributed by atoms with Crippen LogP contribution in [0.5, 0.6) is 0 Å². The number of unbranched alkanes of at least 4 members (excludes halogenated alkanes) is 1. The summed E-state index contributed by atoms with van der Waals surface area (Å²) >= 11 is 0. The van der Waals surface area contributed by atoms with Crippen molar-refractivity contribution < 1.29 is 19.7 Å². The van der Waals surface area contributed by atoms with E-state index in [4.69, 9.17) is 4.74 Å². The molecule has 0 spiro atoms. The van der Waals surface area contributed by atoms with E-state index in [1.165, 1.54) is 38.4 Å². The normalized spacial score (nSPS) is 40.5. The van der Waals surface area contributed by atoms with Crippen molar-refractivity contribution in [3.05, 3.63) is 11.6 Å². The number of carbonyl (C=O) groups excluding carboxylic acids is 1. The summed E-state index contributed by atoms with van der Waals surface area (Å²) in [6.07, 6.45) is 12.9. The van der Waals surface area contributed by atoms with Gasteiger partial charge in [-0.1, -0.05) is 51.7 Å². The van der Waals surface area contributed by atoms with Gasteiger partial charge < -0.3 is 14.9 Å². The Bertz CT molecular complexity index is 658. The molecular weight excluding hydrogens is 400 g/mol. The molecule has 3 fully saturated rings. The van der Waals surface area contributed by atoms with Crippen LogP contribution in [0.25, 0.3) is 0 Å². The maximum Gasteiger partial charge on any atom is 0.309 e. The van der Waals surface area contributed by atoms with Crippen molar-refractivity contribution in [2.24, 2.45) is 40.9 Å². The second-order valence-electron chi connectivity index (χ2n) is 11.4. The molecule has 3 aliphatic rings. The summed E-state index contributed by atoms with van der Waals surface area (Å²) < 4.78 is 4.83. The highest BCUT2D eigenvalue weighted by atomic mass is 16.5. The van der Waals surface area contributed by atoms with Gasteiger partial charge in [0.1, 0.15) is 0 Å². The van der Waals surface area contributed by atoms with Crippen LogP contribution in [0.1, 0.15) is 98.3 Å². The van der Waals surface area contributed by atoms with Crippen molar-refractivity contribution in [2.75, 3.05) is 7.11 Å². The lowest BCUT2D eigenvalue weighted by Gasteiger charge is -2.56. The number of esters is 1. The van der Waals surface area contributed by atoms with E-state index in [1.807, 2.05) is 0 Å². The van der Waals surface area contributed by atoms with Gasteiger partial charge in [-0.15, -0.1) is 0 Å². The molecule has 0 aromatic rings. The maximum absolute atomic E-state index is 11.7. The van der Waals surface area contributed by atoms with Gasteiger partial charge in [0.15, 0.2) is 0 Å². The Morgan fingerprint density at radius 1 is 1.25 bits per heavy atom. The third-order valence-corrected chi connectivity index (χ3v) is 9.82. The van der Waals surface area contributed by atoms with Gasteiger partial charge in [-0.2, -0.15) is 0 Å². The average molecular weight is 449 g/mol. The highest BCUT2D eigenvalue weighted by molar-refractivity contribution is 5.71. The van der Waals surface area contributed by atoms with E-state index >= 15 is 0 Å². The molecule has 4 heteroatoms. The van der Waals surface area contributed by atoms with Crippen LogP contribution in [0.2, 0.25) is 0 Å². The summed E-state index contributed by atoms with van der Waals surface area (Å²) in [4.78, 5) is 11.6. The molecule has 4 unspecified atom stereocenters. The number of fused-ring (bicyclic) bond motifs is 3. The molecule has 0 saturated heterocycles. The summed E-state index contributed by atoms with van der Waals surface area (Å²) in [6, 6.07) is 0. The fraction of sp³-hybridized carbons (Fsp3) is 0.893. The fourth-order valence-electron chi connectivity index (χ4n) is 8.16. The lowest BCUT2D eigenvalue weighted by atomic mass is 9.50. The smallest absolute Gasteiger partial charge is 0.309 e. The molecule has 0 bridgehead atoms. The molecule has 32 heavy (non-hydrogen) atoms. The third kappa shape index (κ3) is 5.12. The van der Waals surface area contributed by atoms with Gasteiger partial charge >= 0.3 is 5.97 Å². The first-order valence-electron chi connectivity index (χ1n) is 13.4. The SMILES string of the molecule is CCCC[C@@H](O)CC1CC2CC[C@@]3(C)C(CC[C@@H]3/C(C)=C\CC(=O)OC)C2[C@H](O)[C@@H]1CC. The Balaban J connectivity index is 1.74. The molecule has 3 saturated carbocycles. The van der Waals surface area contributed by atoms with Crippen molar-refractivity contribution in [1.82, 2.24) is 0 Å². The topological polar surface area (TPSA) is 66.8 Å². The number of allylic oxidation sites excluding steroid dienone is 1. The minimum absolute atomic E-state index is 0.173. The minimum atomic E-state index is -0.246. The lowest BCUT2D eigenvalue weighted by Crippen LogP contribution is -2.53. The van der Waals surface area contributed by atoms with Crippen LogP contribution in [0.3, 0.4) is 0 Å². The molecule has 4 nitrogen and oxygen atoms in total. The third-order valence-electron chi connectivity index (χ3n) is 9.82. The van der Waals surface area contributed by atoms with Gasteiger partial charge in [0.05, 0.1) is 25.7 Å². The second kappa shape index (κ2) is 11.0. The number of methoxy groups -OCH3 is 1. The first kappa shape index (κ1) is 25.7. The van der Waals surface area contributed by atoms with Crippen LogP contribution in [0.4, 0.5) is 0 Å². The van der Waals surface area contributed by atoms with Crippen LogP contribution >= 0.6 is 0 Å². The van der Waals surface area contributed by atoms with Gasteiger partial charge in [0.2, 0.25) is 0 Å². The first-order valence-corrected chi connectivity index (χ1v) is 13.4. The van der Waals surface area contributed by atoms with Crippen molar-refractivity contribution >= 4 is 5.97 Å². The molecule has 3 rings (SSSR count). The number of aliphatic hydroxyl groups is 2. The van der Waals surface area contributed by atoms with Gasteiger partial charge in [-0.3, -0.25) is 4.79 Å². The van der Waals surface area contributed by atoms with Gasteiger partial charge in [-0.25, -0.2) is 0 Å². The number of carbonyl (C=O) groups is 1. The second-order valence-corrected chi connectivity index (χ2v) is 11.4. The molecule has 0 heterocycles. The minimum Gasteiger partial charge on any atom is -0.469 e. The lowest BCUT2D eigenvalue weighted by molar-refractivity contribution is -0.139. The summed E-state index contributed by atoms with van der Waals surface area (Å²) in [5.74, 6) is 2.62.